The first kappa shape index (κ1) is 21.1. The Morgan fingerprint density at radius 2 is 2.04 bits per heavy atom. The number of para-hydroxylation sites is 1. The van der Waals surface area contributed by atoms with Crippen LogP contribution in [0.2, 0.25) is 0 Å². The van der Waals surface area contributed by atoms with Gasteiger partial charge >= 0.3 is 0 Å². The van der Waals surface area contributed by atoms with Crippen LogP contribution in [-0.2, 0) is 11.3 Å². The van der Waals surface area contributed by atoms with Crippen LogP contribution in [0.15, 0.2) is 30.3 Å². The summed E-state index contributed by atoms with van der Waals surface area (Å²) in [4.78, 5) is 7.13. The highest BCUT2D eigenvalue weighted by Gasteiger charge is 2.27. The number of rotatable bonds is 4. The number of aromatic nitrogens is 1. The third kappa shape index (κ3) is 4.58. The SMILES string of the molecule is COC1CCN(Cc2cc(C)nc3ccccc23)C(CN)C1.Cl.Cl. The molecule has 4 nitrogen and oxygen atoms in total. The van der Waals surface area contributed by atoms with Gasteiger partial charge in [-0.25, -0.2) is 0 Å². The number of benzene rings is 1. The Labute approximate surface area is 156 Å². The number of aryl methyl sites for hydroxylation is 1. The molecule has 2 N–H and O–H groups in total. The molecule has 2 aromatic rings. The molecule has 0 amide bonds. The van der Waals surface area contributed by atoms with Gasteiger partial charge in [-0.3, -0.25) is 9.88 Å². The number of hydrogen-bond donors (Lipinski definition) is 1. The Bertz CT molecular complexity index is 653. The number of hydrogen-bond acceptors (Lipinski definition) is 4. The summed E-state index contributed by atoms with van der Waals surface area (Å²) in [6.45, 7) is 4.72. The second-order valence-corrected chi connectivity index (χ2v) is 6.18. The van der Waals surface area contributed by atoms with E-state index >= 15 is 0 Å². The minimum Gasteiger partial charge on any atom is -0.381 e. The maximum Gasteiger partial charge on any atom is 0.0708 e. The summed E-state index contributed by atoms with van der Waals surface area (Å²) in [5, 5.41) is 1.25. The van der Waals surface area contributed by atoms with Crippen LogP contribution in [-0.4, -0.2) is 42.2 Å². The molecule has 2 heterocycles. The van der Waals surface area contributed by atoms with Gasteiger partial charge < -0.3 is 10.5 Å². The third-order valence-electron chi connectivity index (χ3n) is 4.70. The van der Waals surface area contributed by atoms with Gasteiger partial charge in [0.05, 0.1) is 11.6 Å². The lowest BCUT2D eigenvalue weighted by atomic mass is 9.97. The minimum atomic E-state index is 0. The predicted molar refractivity (Wildman–Crippen MR) is 104 cm³/mol. The number of likely N-dealkylation sites (tertiary alicyclic amines) is 1. The summed E-state index contributed by atoms with van der Waals surface area (Å²) in [6.07, 6.45) is 2.45. The number of methoxy groups -OCH3 is 1. The highest BCUT2D eigenvalue weighted by atomic mass is 35.5. The van der Waals surface area contributed by atoms with Crippen molar-refractivity contribution in [1.82, 2.24) is 9.88 Å². The van der Waals surface area contributed by atoms with Gasteiger partial charge in [0, 0.05) is 43.9 Å². The molecule has 0 bridgehead atoms. The van der Waals surface area contributed by atoms with Crippen molar-refractivity contribution in [2.24, 2.45) is 5.73 Å². The molecule has 0 radical (unpaired) electrons. The highest BCUT2D eigenvalue weighted by molar-refractivity contribution is 5.85. The van der Waals surface area contributed by atoms with E-state index in [-0.39, 0.29) is 24.8 Å². The van der Waals surface area contributed by atoms with Gasteiger partial charge in [0.2, 0.25) is 0 Å². The van der Waals surface area contributed by atoms with E-state index in [2.05, 4.69) is 41.1 Å². The fourth-order valence-corrected chi connectivity index (χ4v) is 3.47. The van der Waals surface area contributed by atoms with Crippen LogP contribution in [0.3, 0.4) is 0 Å². The summed E-state index contributed by atoms with van der Waals surface area (Å²) in [6, 6.07) is 11.0. The van der Waals surface area contributed by atoms with Crippen molar-refractivity contribution in [3.63, 3.8) is 0 Å². The Balaban J connectivity index is 0.00000144. The Morgan fingerprint density at radius 1 is 1.29 bits per heavy atom. The van der Waals surface area contributed by atoms with Crippen LogP contribution >= 0.6 is 24.8 Å². The number of nitrogens with two attached hydrogens (primary N) is 1. The van der Waals surface area contributed by atoms with Gasteiger partial charge in [0.1, 0.15) is 0 Å². The lowest BCUT2D eigenvalue weighted by molar-refractivity contribution is 0.0103. The van der Waals surface area contributed by atoms with Crippen molar-refractivity contribution >= 4 is 35.7 Å². The fourth-order valence-electron chi connectivity index (χ4n) is 3.47. The van der Waals surface area contributed by atoms with E-state index < -0.39 is 0 Å². The topological polar surface area (TPSA) is 51.4 Å². The standard InChI is InChI=1S/C18H25N3O.2ClH/c1-13-9-14(17-5-3-4-6-18(17)20-13)12-21-8-7-16(22-2)10-15(21)11-19;;/h3-6,9,15-16H,7-8,10-12,19H2,1-2H3;2*1H. The number of ether oxygens (including phenoxy) is 1. The van der Waals surface area contributed by atoms with Crippen molar-refractivity contribution in [3.05, 3.63) is 41.6 Å². The second-order valence-electron chi connectivity index (χ2n) is 6.18. The number of fused-ring (bicyclic) bond motifs is 1. The van der Waals surface area contributed by atoms with Gasteiger partial charge in [-0.2, -0.15) is 0 Å². The molecule has 1 aliphatic rings. The van der Waals surface area contributed by atoms with Crippen LogP contribution < -0.4 is 5.73 Å². The largest absolute Gasteiger partial charge is 0.381 e. The molecular weight excluding hydrogens is 345 g/mol. The van der Waals surface area contributed by atoms with Gasteiger partial charge in [-0.05, 0) is 37.5 Å². The predicted octanol–water partition coefficient (Wildman–Crippen LogP) is 3.32. The highest BCUT2D eigenvalue weighted by Crippen LogP contribution is 2.25. The molecule has 1 fully saturated rings. The molecule has 134 valence electrons. The zero-order valence-electron chi connectivity index (χ0n) is 14.3. The molecule has 3 rings (SSSR count). The van der Waals surface area contributed by atoms with Crippen LogP contribution in [0.25, 0.3) is 10.9 Å². The van der Waals surface area contributed by atoms with E-state index in [0.29, 0.717) is 18.7 Å². The molecule has 1 saturated heterocycles. The summed E-state index contributed by atoms with van der Waals surface area (Å²) in [5.74, 6) is 0. The van der Waals surface area contributed by atoms with E-state index in [1.807, 2.05) is 6.07 Å². The molecule has 2 unspecified atom stereocenters. The Kier molecular flexibility index (Phi) is 8.40. The first-order chi connectivity index (χ1) is 10.7. The quantitative estimate of drug-likeness (QED) is 0.895. The van der Waals surface area contributed by atoms with Crippen molar-refractivity contribution in [2.45, 2.75) is 38.5 Å². The van der Waals surface area contributed by atoms with E-state index in [4.69, 9.17) is 10.5 Å². The molecule has 1 aliphatic heterocycles. The van der Waals surface area contributed by atoms with E-state index in [9.17, 15) is 0 Å². The average molecular weight is 372 g/mol. The molecule has 0 aliphatic carbocycles. The smallest absolute Gasteiger partial charge is 0.0708 e. The Hall–Kier alpha value is -0.910. The average Bonchev–Trinajstić information content (AvgIpc) is 2.55. The van der Waals surface area contributed by atoms with Gasteiger partial charge in [-0.15, -0.1) is 24.8 Å². The lowest BCUT2D eigenvalue weighted by Gasteiger charge is -2.38. The number of pyridine rings is 1. The summed E-state index contributed by atoms with van der Waals surface area (Å²) in [5.41, 5.74) is 9.49. The molecule has 1 aromatic heterocycles. The van der Waals surface area contributed by atoms with E-state index in [0.717, 1.165) is 37.1 Å². The zero-order valence-corrected chi connectivity index (χ0v) is 15.9. The minimum absolute atomic E-state index is 0. The van der Waals surface area contributed by atoms with Crippen molar-refractivity contribution < 1.29 is 4.74 Å². The molecule has 1 aromatic carbocycles. The number of halogens is 2. The molecule has 0 spiro atoms. The van der Waals surface area contributed by atoms with Crippen molar-refractivity contribution in [2.75, 3.05) is 20.2 Å². The van der Waals surface area contributed by atoms with Crippen LogP contribution in [0.5, 0.6) is 0 Å². The normalized spacial score (nSPS) is 21.1. The molecule has 6 heteroatoms. The molecule has 24 heavy (non-hydrogen) atoms. The molecule has 2 atom stereocenters. The lowest BCUT2D eigenvalue weighted by Crippen LogP contribution is -2.48. The molecular formula is C18H27Cl2N3O. The van der Waals surface area contributed by atoms with Crippen LogP contribution in [0.1, 0.15) is 24.1 Å². The maximum atomic E-state index is 6.00. The molecule has 0 saturated carbocycles. The summed E-state index contributed by atoms with van der Waals surface area (Å²) < 4.78 is 5.52. The first-order valence-electron chi connectivity index (χ1n) is 8.03. The van der Waals surface area contributed by atoms with Gasteiger partial charge in [0.15, 0.2) is 0 Å². The van der Waals surface area contributed by atoms with Crippen molar-refractivity contribution in [3.8, 4) is 0 Å². The van der Waals surface area contributed by atoms with Crippen molar-refractivity contribution in [1.29, 1.82) is 0 Å². The number of nitrogens with zero attached hydrogens (tertiary/aromatic N) is 2. The van der Waals surface area contributed by atoms with E-state index in [1.165, 1.54) is 10.9 Å². The first-order valence-corrected chi connectivity index (χ1v) is 8.03. The monoisotopic (exact) mass is 371 g/mol. The third-order valence-corrected chi connectivity index (χ3v) is 4.70. The summed E-state index contributed by atoms with van der Waals surface area (Å²) >= 11 is 0. The van der Waals surface area contributed by atoms with Crippen LogP contribution in [0.4, 0.5) is 0 Å². The maximum absolute atomic E-state index is 6.00. The zero-order chi connectivity index (χ0) is 15.5. The van der Waals surface area contributed by atoms with Gasteiger partial charge in [0.25, 0.3) is 0 Å². The summed E-state index contributed by atoms with van der Waals surface area (Å²) in [7, 11) is 1.80. The number of piperidine rings is 1. The van der Waals surface area contributed by atoms with E-state index in [1.54, 1.807) is 7.11 Å². The second kappa shape index (κ2) is 9.54. The Morgan fingerprint density at radius 3 is 2.75 bits per heavy atom. The van der Waals surface area contributed by atoms with Crippen LogP contribution in [0, 0.1) is 6.92 Å². The fraction of sp³-hybridized carbons (Fsp3) is 0.500. The van der Waals surface area contributed by atoms with Gasteiger partial charge in [-0.1, -0.05) is 18.2 Å².